The molecule has 0 aromatic rings. The molecular formula is C13H24ClNO. The normalized spacial score (nSPS) is 23.0. The molecular weight excluding hydrogens is 222 g/mol. The van der Waals surface area contributed by atoms with E-state index in [0.29, 0.717) is 5.88 Å². The highest BCUT2D eigenvalue weighted by atomic mass is 35.5. The quantitative estimate of drug-likeness (QED) is 0.699. The number of halogens is 1. The molecule has 0 saturated carbocycles. The molecule has 1 heterocycles. The zero-order chi connectivity index (χ0) is 12.2. The summed E-state index contributed by atoms with van der Waals surface area (Å²) < 4.78 is 0. The van der Waals surface area contributed by atoms with E-state index in [-0.39, 0.29) is 5.91 Å². The lowest BCUT2D eigenvalue weighted by Crippen LogP contribution is -2.42. The summed E-state index contributed by atoms with van der Waals surface area (Å²) in [4.78, 5) is 14.3. The van der Waals surface area contributed by atoms with E-state index >= 15 is 0 Å². The molecule has 3 heteroatoms. The largest absolute Gasteiger partial charge is 0.342 e. The van der Waals surface area contributed by atoms with E-state index in [1.807, 2.05) is 18.7 Å². The average Bonchev–Trinajstić information content (AvgIpc) is 2.52. The van der Waals surface area contributed by atoms with Gasteiger partial charge in [0.2, 0.25) is 5.91 Å². The van der Waals surface area contributed by atoms with Crippen molar-refractivity contribution >= 4 is 17.5 Å². The van der Waals surface area contributed by atoms with Gasteiger partial charge in [0, 0.05) is 19.0 Å². The molecule has 94 valence electrons. The number of hydrogen-bond acceptors (Lipinski definition) is 1. The van der Waals surface area contributed by atoms with Crippen LogP contribution in [0.5, 0.6) is 0 Å². The van der Waals surface area contributed by atoms with Crippen LogP contribution in [-0.2, 0) is 4.79 Å². The van der Waals surface area contributed by atoms with Gasteiger partial charge in [-0.05, 0) is 39.0 Å². The highest BCUT2D eigenvalue weighted by molar-refractivity contribution is 6.19. The standard InChI is InChI=1S/C13H24ClNO/c1-4-11-6-5-8-15(9-7-11)12(16)13(2,3)10-14/h11H,4-10H2,1-3H3. The van der Waals surface area contributed by atoms with Crippen molar-refractivity contribution in [2.45, 2.75) is 46.5 Å². The van der Waals surface area contributed by atoms with Crippen molar-refractivity contribution in [2.24, 2.45) is 11.3 Å². The maximum absolute atomic E-state index is 12.2. The van der Waals surface area contributed by atoms with Gasteiger partial charge < -0.3 is 4.90 Å². The fourth-order valence-electron chi connectivity index (χ4n) is 2.26. The molecule has 1 unspecified atom stereocenters. The van der Waals surface area contributed by atoms with E-state index in [4.69, 9.17) is 11.6 Å². The third-order valence-electron chi connectivity index (χ3n) is 3.63. The zero-order valence-corrected chi connectivity index (χ0v) is 11.5. The Hall–Kier alpha value is -0.240. The summed E-state index contributed by atoms with van der Waals surface area (Å²) in [5.41, 5.74) is -0.409. The van der Waals surface area contributed by atoms with Gasteiger partial charge in [-0.2, -0.15) is 0 Å². The number of hydrogen-bond donors (Lipinski definition) is 0. The fraction of sp³-hybridized carbons (Fsp3) is 0.923. The molecule has 1 saturated heterocycles. The Morgan fingerprint density at radius 2 is 2.06 bits per heavy atom. The maximum Gasteiger partial charge on any atom is 0.229 e. The van der Waals surface area contributed by atoms with Crippen molar-refractivity contribution in [1.82, 2.24) is 4.90 Å². The molecule has 1 fully saturated rings. The maximum atomic E-state index is 12.2. The molecule has 0 bridgehead atoms. The monoisotopic (exact) mass is 245 g/mol. The van der Waals surface area contributed by atoms with Crippen LogP contribution in [0.1, 0.15) is 46.5 Å². The molecule has 1 aliphatic rings. The lowest BCUT2D eigenvalue weighted by atomic mass is 9.94. The van der Waals surface area contributed by atoms with Crippen LogP contribution in [0.4, 0.5) is 0 Å². The minimum Gasteiger partial charge on any atom is -0.342 e. The van der Waals surface area contributed by atoms with Gasteiger partial charge in [-0.1, -0.05) is 13.3 Å². The SMILES string of the molecule is CCC1CCCN(C(=O)C(C)(C)CCl)CC1. The minimum atomic E-state index is -0.409. The van der Waals surface area contributed by atoms with E-state index in [1.165, 1.54) is 12.8 Å². The molecule has 2 nitrogen and oxygen atoms in total. The van der Waals surface area contributed by atoms with Crippen molar-refractivity contribution in [3.8, 4) is 0 Å². The highest BCUT2D eigenvalue weighted by Crippen LogP contribution is 2.25. The molecule has 0 aromatic heterocycles. The van der Waals surface area contributed by atoms with Gasteiger partial charge in [0.05, 0.1) is 5.41 Å². The molecule has 0 N–H and O–H groups in total. The summed E-state index contributed by atoms with van der Waals surface area (Å²) in [6, 6.07) is 0. The molecule has 16 heavy (non-hydrogen) atoms. The Labute approximate surface area is 104 Å². The summed E-state index contributed by atoms with van der Waals surface area (Å²) in [6.45, 7) is 7.94. The number of amides is 1. The summed E-state index contributed by atoms with van der Waals surface area (Å²) in [7, 11) is 0. The van der Waals surface area contributed by atoms with Crippen LogP contribution in [0.3, 0.4) is 0 Å². The lowest BCUT2D eigenvalue weighted by Gasteiger charge is -2.29. The molecule has 1 aliphatic heterocycles. The van der Waals surface area contributed by atoms with Crippen molar-refractivity contribution in [1.29, 1.82) is 0 Å². The number of carbonyl (C=O) groups excluding carboxylic acids is 1. The van der Waals surface area contributed by atoms with Crippen molar-refractivity contribution < 1.29 is 4.79 Å². The predicted molar refractivity (Wildman–Crippen MR) is 68.7 cm³/mol. The smallest absolute Gasteiger partial charge is 0.229 e. The molecule has 1 atom stereocenters. The van der Waals surface area contributed by atoms with Gasteiger partial charge in [0.15, 0.2) is 0 Å². The first kappa shape index (κ1) is 13.8. The van der Waals surface area contributed by atoms with E-state index in [9.17, 15) is 4.79 Å². The van der Waals surface area contributed by atoms with E-state index in [1.54, 1.807) is 0 Å². The van der Waals surface area contributed by atoms with Gasteiger partial charge >= 0.3 is 0 Å². The Morgan fingerprint density at radius 3 is 2.62 bits per heavy atom. The Morgan fingerprint density at radius 1 is 1.38 bits per heavy atom. The number of carbonyl (C=O) groups is 1. The molecule has 0 spiro atoms. The minimum absolute atomic E-state index is 0.222. The lowest BCUT2D eigenvalue weighted by molar-refractivity contribution is -0.139. The van der Waals surface area contributed by atoms with Crippen molar-refractivity contribution in [3.63, 3.8) is 0 Å². The number of likely N-dealkylation sites (tertiary alicyclic amines) is 1. The van der Waals surface area contributed by atoms with Crippen molar-refractivity contribution in [3.05, 3.63) is 0 Å². The van der Waals surface area contributed by atoms with Crippen LogP contribution in [0.25, 0.3) is 0 Å². The second-order valence-electron chi connectivity index (χ2n) is 5.51. The van der Waals surface area contributed by atoms with Gasteiger partial charge in [0.25, 0.3) is 0 Å². The van der Waals surface area contributed by atoms with Crippen LogP contribution >= 0.6 is 11.6 Å². The summed E-state index contributed by atoms with van der Waals surface area (Å²) in [5, 5.41) is 0. The molecule has 0 radical (unpaired) electrons. The summed E-state index contributed by atoms with van der Waals surface area (Å²) in [6.07, 6.45) is 4.80. The van der Waals surface area contributed by atoms with Crippen LogP contribution < -0.4 is 0 Å². The van der Waals surface area contributed by atoms with Crippen LogP contribution in [-0.4, -0.2) is 29.8 Å². The molecule has 0 aliphatic carbocycles. The second-order valence-corrected chi connectivity index (χ2v) is 5.78. The third kappa shape index (κ3) is 3.38. The first-order valence-electron chi connectivity index (χ1n) is 6.36. The molecule has 1 rings (SSSR count). The third-order valence-corrected chi connectivity index (χ3v) is 4.29. The predicted octanol–water partition coefficient (Wildman–Crippen LogP) is 3.29. The zero-order valence-electron chi connectivity index (χ0n) is 10.8. The van der Waals surface area contributed by atoms with Crippen LogP contribution in [0, 0.1) is 11.3 Å². The average molecular weight is 246 g/mol. The number of nitrogens with zero attached hydrogens (tertiary/aromatic N) is 1. The van der Waals surface area contributed by atoms with Crippen molar-refractivity contribution in [2.75, 3.05) is 19.0 Å². The Bertz CT molecular complexity index is 240. The fourth-order valence-corrected chi connectivity index (χ4v) is 2.38. The first-order valence-corrected chi connectivity index (χ1v) is 6.90. The van der Waals surface area contributed by atoms with Crippen LogP contribution in [0.15, 0.2) is 0 Å². The van der Waals surface area contributed by atoms with Gasteiger partial charge in [0.1, 0.15) is 0 Å². The summed E-state index contributed by atoms with van der Waals surface area (Å²) in [5.74, 6) is 1.43. The van der Waals surface area contributed by atoms with Crippen LogP contribution in [0.2, 0.25) is 0 Å². The summed E-state index contributed by atoms with van der Waals surface area (Å²) >= 11 is 5.86. The Balaban J connectivity index is 2.58. The molecule has 1 amide bonds. The van der Waals surface area contributed by atoms with E-state index in [0.717, 1.165) is 31.8 Å². The number of alkyl halides is 1. The van der Waals surface area contributed by atoms with Gasteiger partial charge in [-0.15, -0.1) is 11.6 Å². The van der Waals surface area contributed by atoms with Gasteiger partial charge in [-0.25, -0.2) is 0 Å². The van der Waals surface area contributed by atoms with E-state index < -0.39 is 5.41 Å². The molecule has 0 aromatic carbocycles. The second kappa shape index (κ2) is 5.90. The van der Waals surface area contributed by atoms with E-state index in [2.05, 4.69) is 6.92 Å². The first-order chi connectivity index (χ1) is 7.51. The highest BCUT2D eigenvalue weighted by Gasteiger charge is 2.32. The number of rotatable bonds is 3. The Kier molecular flexibility index (Phi) is 5.10. The van der Waals surface area contributed by atoms with Gasteiger partial charge in [-0.3, -0.25) is 4.79 Å². The topological polar surface area (TPSA) is 20.3 Å².